The van der Waals surface area contributed by atoms with E-state index >= 15 is 0 Å². The predicted molar refractivity (Wildman–Crippen MR) is 136 cm³/mol. The minimum atomic E-state index is -0.548. The monoisotopic (exact) mass is 477 g/mol. The molecule has 3 aromatic heterocycles. The quantitative estimate of drug-likeness (QED) is 0.577. The summed E-state index contributed by atoms with van der Waals surface area (Å²) in [5.41, 5.74) is 2.94. The average Bonchev–Trinajstić information content (AvgIpc) is 3.42. The molecule has 34 heavy (non-hydrogen) atoms. The number of aromatic nitrogens is 4. The fourth-order valence-corrected chi connectivity index (χ4v) is 5.59. The Bertz CT molecular complexity index is 1170. The minimum Gasteiger partial charge on any atom is -0.377 e. The Labute approximate surface area is 204 Å². The first-order valence-electron chi connectivity index (χ1n) is 11.9. The SMILES string of the molecule is CSCCN1CCC(C#N)(c2cc(N3CCOC[C@H]3C)nc3c(-c4ccn[nH]4)nccc23)CC1. The molecule has 0 saturated carbocycles. The highest BCUT2D eigenvalue weighted by molar-refractivity contribution is 7.98. The number of nitrogens with zero attached hydrogens (tertiary/aromatic N) is 6. The van der Waals surface area contributed by atoms with E-state index in [1.165, 1.54) is 0 Å². The highest BCUT2D eigenvalue weighted by Crippen LogP contribution is 2.41. The van der Waals surface area contributed by atoms with E-state index in [1.54, 1.807) is 6.20 Å². The number of piperidine rings is 1. The third kappa shape index (κ3) is 4.26. The van der Waals surface area contributed by atoms with Crippen molar-refractivity contribution in [1.29, 1.82) is 5.26 Å². The van der Waals surface area contributed by atoms with Crippen LogP contribution in [0.4, 0.5) is 5.82 Å². The molecule has 2 saturated heterocycles. The Morgan fingerprint density at radius 2 is 2.12 bits per heavy atom. The van der Waals surface area contributed by atoms with E-state index in [4.69, 9.17) is 9.72 Å². The molecular formula is C25H31N7OS. The van der Waals surface area contributed by atoms with Gasteiger partial charge in [0, 0.05) is 49.7 Å². The molecule has 1 atom stereocenters. The van der Waals surface area contributed by atoms with Gasteiger partial charge in [-0.2, -0.15) is 22.1 Å². The first-order valence-corrected chi connectivity index (χ1v) is 13.3. The number of anilines is 1. The van der Waals surface area contributed by atoms with E-state index in [2.05, 4.69) is 50.3 Å². The average molecular weight is 478 g/mol. The number of hydrogen-bond acceptors (Lipinski definition) is 8. The second-order valence-electron chi connectivity index (χ2n) is 9.20. The summed E-state index contributed by atoms with van der Waals surface area (Å²) in [7, 11) is 0. The van der Waals surface area contributed by atoms with Crippen molar-refractivity contribution < 1.29 is 4.74 Å². The number of rotatable bonds is 6. The third-order valence-corrected chi connectivity index (χ3v) is 7.77. The zero-order valence-corrected chi connectivity index (χ0v) is 20.6. The molecule has 5 heterocycles. The van der Waals surface area contributed by atoms with Gasteiger partial charge in [0.2, 0.25) is 0 Å². The molecule has 2 fully saturated rings. The van der Waals surface area contributed by atoms with Gasteiger partial charge in [-0.15, -0.1) is 0 Å². The lowest BCUT2D eigenvalue weighted by molar-refractivity contribution is 0.0985. The maximum atomic E-state index is 10.6. The largest absolute Gasteiger partial charge is 0.377 e. The van der Waals surface area contributed by atoms with Crippen LogP contribution in [0, 0.1) is 11.3 Å². The van der Waals surface area contributed by atoms with Gasteiger partial charge in [0.25, 0.3) is 0 Å². The number of fused-ring (bicyclic) bond motifs is 1. The lowest BCUT2D eigenvalue weighted by Gasteiger charge is -2.39. The van der Waals surface area contributed by atoms with Crippen molar-refractivity contribution >= 4 is 28.5 Å². The van der Waals surface area contributed by atoms with Crippen molar-refractivity contribution in [2.45, 2.75) is 31.2 Å². The molecule has 1 N–H and O–H groups in total. The maximum absolute atomic E-state index is 10.6. The van der Waals surface area contributed by atoms with E-state index in [0.717, 1.165) is 78.4 Å². The normalized spacial score (nSPS) is 21.0. The Morgan fingerprint density at radius 1 is 1.26 bits per heavy atom. The summed E-state index contributed by atoms with van der Waals surface area (Å²) in [6.07, 6.45) is 7.32. The van der Waals surface area contributed by atoms with Crippen LogP contribution in [0.15, 0.2) is 30.6 Å². The number of likely N-dealkylation sites (tertiary alicyclic amines) is 1. The van der Waals surface area contributed by atoms with Crippen LogP contribution in [0.5, 0.6) is 0 Å². The van der Waals surface area contributed by atoms with Crippen molar-refractivity contribution in [3.63, 3.8) is 0 Å². The molecule has 0 unspecified atom stereocenters. The van der Waals surface area contributed by atoms with Crippen LogP contribution in [0.2, 0.25) is 0 Å². The molecule has 0 amide bonds. The van der Waals surface area contributed by atoms with Gasteiger partial charge in [-0.05, 0) is 49.8 Å². The van der Waals surface area contributed by atoms with Crippen molar-refractivity contribution in [3.8, 4) is 17.5 Å². The molecule has 0 radical (unpaired) electrons. The molecule has 8 nitrogen and oxygen atoms in total. The molecule has 3 aromatic rings. The van der Waals surface area contributed by atoms with Crippen LogP contribution in [0.25, 0.3) is 22.3 Å². The van der Waals surface area contributed by atoms with Gasteiger partial charge >= 0.3 is 0 Å². The fraction of sp³-hybridized carbons (Fsp3) is 0.520. The predicted octanol–water partition coefficient (Wildman–Crippen LogP) is 3.47. The first-order chi connectivity index (χ1) is 16.6. The summed E-state index contributed by atoms with van der Waals surface area (Å²) in [4.78, 5) is 14.6. The van der Waals surface area contributed by atoms with E-state index < -0.39 is 5.41 Å². The molecule has 0 aromatic carbocycles. The van der Waals surface area contributed by atoms with E-state index in [9.17, 15) is 5.26 Å². The highest BCUT2D eigenvalue weighted by atomic mass is 32.2. The summed E-state index contributed by atoms with van der Waals surface area (Å²) in [5, 5.41) is 18.7. The maximum Gasteiger partial charge on any atom is 0.130 e. The van der Waals surface area contributed by atoms with Crippen LogP contribution >= 0.6 is 11.8 Å². The number of H-pyrrole nitrogens is 1. The molecule has 0 spiro atoms. The number of aromatic amines is 1. The van der Waals surface area contributed by atoms with Crippen molar-refractivity contribution in [2.75, 3.05) is 56.3 Å². The van der Waals surface area contributed by atoms with Crippen LogP contribution in [-0.4, -0.2) is 82.5 Å². The van der Waals surface area contributed by atoms with Gasteiger partial charge in [-0.1, -0.05) is 0 Å². The van der Waals surface area contributed by atoms with E-state index in [-0.39, 0.29) is 6.04 Å². The molecule has 2 aliphatic heterocycles. The second-order valence-corrected chi connectivity index (χ2v) is 10.2. The van der Waals surface area contributed by atoms with E-state index in [0.29, 0.717) is 13.2 Å². The molecule has 0 aliphatic carbocycles. The number of ether oxygens (including phenoxy) is 1. The van der Waals surface area contributed by atoms with Crippen LogP contribution in [0.1, 0.15) is 25.3 Å². The lowest BCUT2D eigenvalue weighted by Crippen LogP contribution is -2.45. The second kappa shape index (κ2) is 9.90. The molecule has 178 valence electrons. The van der Waals surface area contributed by atoms with Gasteiger partial charge in [-0.25, -0.2) is 4.98 Å². The molecule has 5 rings (SSSR count). The summed E-state index contributed by atoms with van der Waals surface area (Å²) >= 11 is 1.87. The lowest BCUT2D eigenvalue weighted by atomic mass is 9.72. The van der Waals surface area contributed by atoms with Crippen LogP contribution < -0.4 is 4.90 Å². The third-order valence-electron chi connectivity index (χ3n) is 7.18. The molecule has 2 aliphatic rings. The van der Waals surface area contributed by atoms with Crippen molar-refractivity contribution in [2.24, 2.45) is 0 Å². The van der Waals surface area contributed by atoms with Gasteiger partial charge in [0.15, 0.2) is 0 Å². The summed E-state index contributed by atoms with van der Waals surface area (Å²) < 4.78 is 5.68. The summed E-state index contributed by atoms with van der Waals surface area (Å²) in [6.45, 7) is 7.22. The number of thioether (sulfide) groups is 1. The Kier molecular flexibility index (Phi) is 6.73. The fourth-order valence-electron chi connectivity index (χ4n) is 5.15. The summed E-state index contributed by atoms with van der Waals surface area (Å²) in [5.74, 6) is 2.02. The van der Waals surface area contributed by atoms with Gasteiger partial charge < -0.3 is 14.5 Å². The zero-order valence-electron chi connectivity index (χ0n) is 19.8. The minimum absolute atomic E-state index is 0.213. The number of pyridine rings is 2. The zero-order chi connectivity index (χ0) is 23.5. The van der Waals surface area contributed by atoms with Crippen LogP contribution in [-0.2, 0) is 10.2 Å². The van der Waals surface area contributed by atoms with Gasteiger partial charge in [0.05, 0.1) is 36.4 Å². The molecular weight excluding hydrogens is 446 g/mol. The Balaban J connectivity index is 1.64. The van der Waals surface area contributed by atoms with Crippen molar-refractivity contribution in [1.82, 2.24) is 25.1 Å². The number of nitriles is 1. The van der Waals surface area contributed by atoms with Gasteiger partial charge in [0.1, 0.15) is 17.0 Å². The van der Waals surface area contributed by atoms with E-state index in [1.807, 2.05) is 30.1 Å². The first kappa shape index (κ1) is 23.1. The highest BCUT2D eigenvalue weighted by Gasteiger charge is 2.39. The summed E-state index contributed by atoms with van der Waals surface area (Å²) in [6, 6.07) is 9.07. The topological polar surface area (TPSA) is 94.0 Å². The van der Waals surface area contributed by atoms with Gasteiger partial charge in [-0.3, -0.25) is 10.1 Å². The standard InChI is InChI=1S/C25H31N7OS/c1-18-16-33-13-11-32(18)22-15-20(25(17-26)5-9-31(10-6-25)12-14-34-2)19-3-7-27-24(23(19)29-22)21-4-8-28-30-21/h3-4,7-8,15,18H,5-6,9-14,16H2,1-2H3,(H,28,30)/t18-/m1/s1. The molecule has 0 bridgehead atoms. The number of morpholine rings is 1. The number of nitrogens with one attached hydrogen (secondary N) is 1. The Hall–Kier alpha value is -2.67. The van der Waals surface area contributed by atoms with Crippen LogP contribution in [0.3, 0.4) is 0 Å². The smallest absolute Gasteiger partial charge is 0.130 e. The van der Waals surface area contributed by atoms with Crippen molar-refractivity contribution in [3.05, 3.63) is 36.2 Å². The molecule has 9 heteroatoms. The Morgan fingerprint density at radius 3 is 2.82 bits per heavy atom. The number of hydrogen-bond donors (Lipinski definition) is 1.